The van der Waals surface area contributed by atoms with Crippen LogP contribution in [0.15, 0.2) is 47.0 Å². The van der Waals surface area contributed by atoms with Crippen molar-refractivity contribution in [2.45, 2.75) is 19.4 Å². The molecular formula is C15H14N2O2. The maximum Gasteiger partial charge on any atom is 0.231 e. The van der Waals surface area contributed by atoms with Gasteiger partial charge in [-0.2, -0.15) is 4.98 Å². The molecule has 1 N–H and O–H groups in total. The third-order valence-corrected chi connectivity index (χ3v) is 3.08. The van der Waals surface area contributed by atoms with E-state index in [9.17, 15) is 5.11 Å². The SMILES string of the molecule is CC(O)c1noc(Cc2cccc3ccccc23)n1. The standard InChI is InChI=1S/C15H14N2O2/c1-10(18)15-16-14(19-17-15)9-12-7-4-6-11-5-2-3-8-13(11)12/h2-8,10,18H,9H2,1H3. The number of hydrogen-bond acceptors (Lipinski definition) is 4. The summed E-state index contributed by atoms with van der Waals surface area (Å²) in [6.07, 6.45) is -0.133. The fourth-order valence-electron chi connectivity index (χ4n) is 2.12. The van der Waals surface area contributed by atoms with E-state index in [1.165, 1.54) is 10.8 Å². The van der Waals surface area contributed by atoms with Crippen LogP contribution >= 0.6 is 0 Å². The molecule has 0 spiro atoms. The van der Waals surface area contributed by atoms with Crippen molar-refractivity contribution < 1.29 is 9.63 Å². The third-order valence-electron chi connectivity index (χ3n) is 3.08. The van der Waals surface area contributed by atoms with Crippen molar-refractivity contribution in [1.82, 2.24) is 10.1 Å². The Morgan fingerprint density at radius 3 is 2.74 bits per heavy atom. The van der Waals surface area contributed by atoms with Crippen molar-refractivity contribution in [3.8, 4) is 0 Å². The zero-order valence-electron chi connectivity index (χ0n) is 10.6. The molecule has 0 saturated carbocycles. The average Bonchev–Trinajstić information content (AvgIpc) is 2.88. The van der Waals surface area contributed by atoms with Gasteiger partial charge in [0.25, 0.3) is 0 Å². The van der Waals surface area contributed by atoms with Crippen molar-refractivity contribution in [2.24, 2.45) is 0 Å². The van der Waals surface area contributed by atoms with Gasteiger partial charge in [-0.25, -0.2) is 0 Å². The number of aliphatic hydroxyl groups excluding tert-OH is 1. The molecule has 1 atom stereocenters. The summed E-state index contributed by atoms with van der Waals surface area (Å²) >= 11 is 0. The molecule has 0 amide bonds. The zero-order valence-corrected chi connectivity index (χ0v) is 10.6. The fraction of sp³-hybridized carbons (Fsp3) is 0.200. The second kappa shape index (κ2) is 4.82. The third kappa shape index (κ3) is 2.35. The molecular weight excluding hydrogens is 240 g/mol. The number of aromatic nitrogens is 2. The van der Waals surface area contributed by atoms with Crippen LogP contribution in [0.25, 0.3) is 10.8 Å². The molecule has 0 aliphatic heterocycles. The van der Waals surface area contributed by atoms with Gasteiger partial charge in [0, 0.05) is 0 Å². The molecule has 0 aliphatic carbocycles. The summed E-state index contributed by atoms with van der Waals surface area (Å²) < 4.78 is 5.16. The lowest BCUT2D eigenvalue weighted by atomic mass is 10.0. The van der Waals surface area contributed by atoms with E-state index < -0.39 is 6.10 Å². The molecule has 4 nitrogen and oxygen atoms in total. The molecule has 4 heteroatoms. The van der Waals surface area contributed by atoms with E-state index in [0.29, 0.717) is 18.1 Å². The van der Waals surface area contributed by atoms with E-state index in [2.05, 4.69) is 34.4 Å². The van der Waals surface area contributed by atoms with Gasteiger partial charge in [0.2, 0.25) is 5.89 Å². The number of benzene rings is 2. The highest BCUT2D eigenvalue weighted by atomic mass is 16.5. The lowest BCUT2D eigenvalue weighted by Crippen LogP contribution is -1.95. The largest absolute Gasteiger partial charge is 0.385 e. The minimum Gasteiger partial charge on any atom is -0.385 e. The Morgan fingerprint density at radius 2 is 1.95 bits per heavy atom. The highest BCUT2D eigenvalue weighted by Crippen LogP contribution is 2.21. The quantitative estimate of drug-likeness (QED) is 0.780. The highest BCUT2D eigenvalue weighted by molar-refractivity contribution is 5.85. The first kappa shape index (κ1) is 11.9. The smallest absolute Gasteiger partial charge is 0.231 e. The van der Waals surface area contributed by atoms with Gasteiger partial charge < -0.3 is 9.63 Å². The van der Waals surface area contributed by atoms with E-state index in [1.54, 1.807) is 6.92 Å². The van der Waals surface area contributed by atoms with Gasteiger partial charge in [-0.3, -0.25) is 0 Å². The van der Waals surface area contributed by atoms with Gasteiger partial charge in [0.15, 0.2) is 5.82 Å². The lowest BCUT2D eigenvalue weighted by Gasteiger charge is -2.03. The summed E-state index contributed by atoms with van der Waals surface area (Å²) in [5.41, 5.74) is 1.14. The first-order valence-electron chi connectivity index (χ1n) is 6.21. The van der Waals surface area contributed by atoms with Crippen LogP contribution in [-0.4, -0.2) is 15.2 Å². The molecule has 3 rings (SSSR count). The van der Waals surface area contributed by atoms with E-state index in [0.717, 1.165) is 5.56 Å². The van der Waals surface area contributed by atoms with Crippen LogP contribution in [0.4, 0.5) is 0 Å². The molecule has 3 aromatic rings. The highest BCUT2D eigenvalue weighted by Gasteiger charge is 2.12. The average molecular weight is 254 g/mol. The molecule has 0 aliphatic rings. The number of rotatable bonds is 3. The van der Waals surface area contributed by atoms with Crippen LogP contribution in [0.3, 0.4) is 0 Å². The Kier molecular flexibility index (Phi) is 3.01. The lowest BCUT2D eigenvalue weighted by molar-refractivity contribution is 0.184. The summed E-state index contributed by atoms with van der Waals surface area (Å²) in [5, 5.41) is 15.5. The molecule has 96 valence electrons. The van der Waals surface area contributed by atoms with Gasteiger partial charge in [0.05, 0.1) is 6.42 Å². The number of nitrogens with zero attached hydrogens (tertiary/aromatic N) is 2. The molecule has 0 saturated heterocycles. The summed E-state index contributed by atoms with van der Waals surface area (Å²) in [6, 6.07) is 14.3. The Bertz CT molecular complexity index is 699. The number of fused-ring (bicyclic) bond motifs is 1. The van der Waals surface area contributed by atoms with E-state index in [4.69, 9.17) is 4.52 Å². The minimum atomic E-state index is -0.704. The zero-order chi connectivity index (χ0) is 13.2. The van der Waals surface area contributed by atoms with E-state index in [1.807, 2.05) is 18.2 Å². The molecule has 1 aromatic heterocycles. The Labute approximate surface area is 110 Å². The number of hydrogen-bond donors (Lipinski definition) is 1. The monoisotopic (exact) mass is 254 g/mol. The molecule has 19 heavy (non-hydrogen) atoms. The second-order valence-corrected chi connectivity index (χ2v) is 4.54. The molecule has 0 fully saturated rings. The maximum absolute atomic E-state index is 9.39. The van der Waals surface area contributed by atoms with Gasteiger partial charge in [0.1, 0.15) is 6.10 Å². The summed E-state index contributed by atoms with van der Waals surface area (Å²) in [6.45, 7) is 1.62. The van der Waals surface area contributed by atoms with Crippen LogP contribution in [0, 0.1) is 0 Å². The van der Waals surface area contributed by atoms with Gasteiger partial charge in [-0.05, 0) is 23.3 Å². The summed E-state index contributed by atoms with van der Waals surface area (Å²) in [4.78, 5) is 4.18. The van der Waals surface area contributed by atoms with Crippen LogP contribution < -0.4 is 0 Å². The van der Waals surface area contributed by atoms with Gasteiger partial charge >= 0.3 is 0 Å². The predicted molar refractivity (Wildman–Crippen MR) is 71.7 cm³/mol. The molecule has 2 aromatic carbocycles. The van der Waals surface area contributed by atoms with Crippen molar-refractivity contribution in [3.63, 3.8) is 0 Å². The van der Waals surface area contributed by atoms with Crippen LogP contribution in [-0.2, 0) is 6.42 Å². The topological polar surface area (TPSA) is 59.2 Å². The van der Waals surface area contributed by atoms with E-state index >= 15 is 0 Å². The predicted octanol–water partition coefficient (Wildman–Crippen LogP) is 2.87. The van der Waals surface area contributed by atoms with E-state index in [-0.39, 0.29) is 0 Å². The second-order valence-electron chi connectivity index (χ2n) is 4.54. The molecule has 0 bridgehead atoms. The van der Waals surface area contributed by atoms with Crippen LogP contribution in [0.2, 0.25) is 0 Å². The molecule has 1 unspecified atom stereocenters. The molecule has 1 heterocycles. The maximum atomic E-state index is 9.39. The first-order chi connectivity index (χ1) is 9.24. The van der Waals surface area contributed by atoms with Crippen molar-refractivity contribution in [3.05, 3.63) is 59.7 Å². The van der Waals surface area contributed by atoms with Gasteiger partial charge in [-0.1, -0.05) is 47.6 Å². The Balaban J connectivity index is 1.96. The first-order valence-corrected chi connectivity index (χ1v) is 6.21. The number of aliphatic hydroxyl groups is 1. The normalized spacial score (nSPS) is 12.7. The van der Waals surface area contributed by atoms with Gasteiger partial charge in [-0.15, -0.1) is 0 Å². The molecule has 0 radical (unpaired) electrons. The Hall–Kier alpha value is -2.20. The minimum absolute atomic E-state index is 0.329. The Morgan fingerprint density at radius 1 is 1.16 bits per heavy atom. The summed E-state index contributed by atoms with van der Waals surface area (Å²) in [7, 11) is 0. The fourth-order valence-corrected chi connectivity index (χ4v) is 2.12. The summed E-state index contributed by atoms with van der Waals surface area (Å²) in [5.74, 6) is 0.850. The van der Waals surface area contributed by atoms with Crippen LogP contribution in [0.1, 0.15) is 30.3 Å². The van der Waals surface area contributed by atoms with Crippen LogP contribution in [0.5, 0.6) is 0 Å². The van der Waals surface area contributed by atoms with Crippen molar-refractivity contribution >= 4 is 10.8 Å². The van der Waals surface area contributed by atoms with Crippen molar-refractivity contribution in [2.75, 3.05) is 0 Å². The van der Waals surface area contributed by atoms with Crippen molar-refractivity contribution in [1.29, 1.82) is 0 Å².